The number of hydrogen-bond acceptors (Lipinski definition) is 2. The van der Waals surface area contributed by atoms with Gasteiger partial charge in [-0.15, -0.1) is 0 Å². The summed E-state index contributed by atoms with van der Waals surface area (Å²) in [6.07, 6.45) is 0. The van der Waals surface area contributed by atoms with Gasteiger partial charge in [-0.25, -0.2) is 0 Å². The highest BCUT2D eigenvalue weighted by molar-refractivity contribution is 6.28. The first-order valence-corrected chi connectivity index (χ1v) is 25.2. The van der Waals surface area contributed by atoms with Gasteiger partial charge in [-0.3, -0.25) is 0 Å². The minimum absolute atomic E-state index is 1.14. The van der Waals surface area contributed by atoms with Gasteiger partial charge in [-0.2, -0.15) is 0 Å². The Hall–Kier alpha value is -8.72. The Balaban J connectivity index is 1.13. The molecule has 0 radical (unpaired) electrons. The number of hydrogen-bond donors (Lipinski definition) is 0. The van der Waals surface area contributed by atoms with Crippen LogP contribution >= 0.6 is 0 Å². The van der Waals surface area contributed by atoms with Gasteiger partial charge in [0.05, 0.1) is 11.4 Å². The van der Waals surface area contributed by atoms with Gasteiger partial charge in [0, 0.05) is 33.5 Å². The van der Waals surface area contributed by atoms with Crippen LogP contribution in [0.4, 0.5) is 34.1 Å². The summed E-state index contributed by atoms with van der Waals surface area (Å²) in [6, 6.07) is 85.6. The molecule has 0 heterocycles. The largest absolute Gasteiger partial charge is 0.309 e. The van der Waals surface area contributed by atoms with E-state index in [0.717, 1.165) is 34.1 Å². The third-order valence-electron chi connectivity index (χ3n) is 15.0. The van der Waals surface area contributed by atoms with Gasteiger partial charge in [-0.1, -0.05) is 194 Å². The molecule has 0 unspecified atom stereocenters. The molecule has 0 amide bonds. The second kappa shape index (κ2) is 18.2. The van der Waals surface area contributed by atoms with Gasteiger partial charge in [-0.05, 0) is 177 Å². The maximum absolute atomic E-state index is 2.54. The zero-order chi connectivity index (χ0) is 49.0. The summed E-state index contributed by atoms with van der Waals surface area (Å²) in [7, 11) is 0. The predicted octanol–water partition coefficient (Wildman–Crippen LogP) is 20.0. The van der Waals surface area contributed by atoms with Gasteiger partial charge < -0.3 is 9.80 Å². The third-order valence-corrected chi connectivity index (χ3v) is 15.0. The van der Waals surface area contributed by atoms with Gasteiger partial charge in [0.1, 0.15) is 0 Å². The normalized spacial score (nSPS) is 11.5. The molecule has 0 atom stereocenters. The second-order valence-electron chi connectivity index (χ2n) is 19.6. The minimum atomic E-state index is 1.14. The molecule has 0 saturated carbocycles. The number of benzene rings is 12. The molecule has 2 nitrogen and oxygen atoms in total. The smallest absolute Gasteiger partial charge is 0.0540 e. The predicted molar refractivity (Wildman–Crippen MR) is 310 cm³/mol. The molecule has 72 heavy (non-hydrogen) atoms. The van der Waals surface area contributed by atoms with Crippen LogP contribution in [0.2, 0.25) is 0 Å². The topological polar surface area (TPSA) is 6.48 Å². The van der Waals surface area contributed by atoms with Crippen molar-refractivity contribution < 1.29 is 0 Å². The Bertz CT molecular complexity index is 3740. The monoisotopic (exact) mass is 924 g/mol. The van der Waals surface area contributed by atoms with E-state index in [2.05, 4.69) is 282 Å². The highest BCUT2D eigenvalue weighted by atomic mass is 15.2. The van der Waals surface area contributed by atoms with Crippen LogP contribution in [0, 0.1) is 41.5 Å². The lowest BCUT2D eigenvalue weighted by atomic mass is 9.90. The number of nitrogens with zero attached hydrogens (tertiary/aromatic N) is 2. The fourth-order valence-electron chi connectivity index (χ4n) is 11.1. The van der Waals surface area contributed by atoms with E-state index < -0.39 is 0 Å². The van der Waals surface area contributed by atoms with Crippen LogP contribution in [0.1, 0.15) is 33.4 Å². The second-order valence-corrected chi connectivity index (χ2v) is 19.6. The molecule has 0 bridgehead atoms. The molecule has 0 saturated heterocycles. The Morgan fingerprint density at radius 1 is 0.222 bits per heavy atom. The van der Waals surface area contributed by atoms with Crippen LogP contribution in [-0.4, -0.2) is 0 Å². The molecule has 12 aromatic rings. The maximum atomic E-state index is 2.54. The van der Waals surface area contributed by atoms with Crippen LogP contribution in [0.5, 0.6) is 0 Å². The molecule has 12 rings (SSSR count). The minimum Gasteiger partial charge on any atom is -0.309 e. The summed E-state index contributed by atoms with van der Waals surface area (Å²) in [6.45, 7) is 13.4. The van der Waals surface area contributed by atoms with Crippen molar-refractivity contribution in [2.24, 2.45) is 0 Å². The average Bonchev–Trinajstić information content (AvgIpc) is 3.41. The van der Waals surface area contributed by atoms with Crippen molar-refractivity contribution >= 4 is 66.4 Å². The van der Waals surface area contributed by atoms with E-state index >= 15 is 0 Å². The van der Waals surface area contributed by atoms with Gasteiger partial charge in [0.2, 0.25) is 0 Å². The molecular weight excluding hydrogens is 869 g/mol. The van der Waals surface area contributed by atoms with Crippen molar-refractivity contribution in [1.82, 2.24) is 0 Å². The Morgan fingerprint density at radius 2 is 0.542 bits per heavy atom. The summed E-state index contributed by atoms with van der Waals surface area (Å²) >= 11 is 0. The van der Waals surface area contributed by atoms with Crippen molar-refractivity contribution in [2.75, 3.05) is 9.80 Å². The van der Waals surface area contributed by atoms with E-state index in [1.807, 2.05) is 0 Å². The van der Waals surface area contributed by atoms with E-state index in [4.69, 9.17) is 0 Å². The highest BCUT2D eigenvalue weighted by Crippen LogP contribution is 2.50. The maximum Gasteiger partial charge on any atom is 0.0540 e. The third kappa shape index (κ3) is 7.77. The van der Waals surface area contributed by atoms with Crippen LogP contribution in [-0.2, 0) is 0 Å². The van der Waals surface area contributed by atoms with E-state index in [-0.39, 0.29) is 0 Å². The van der Waals surface area contributed by atoms with Crippen LogP contribution in [0.25, 0.3) is 76.8 Å². The molecule has 0 aliphatic carbocycles. The molecule has 0 aromatic heterocycles. The van der Waals surface area contributed by atoms with Crippen molar-refractivity contribution in [3.63, 3.8) is 0 Å². The first-order chi connectivity index (χ1) is 35.2. The van der Waals surface area contributed by atoms with E-state index in [1.165, 1.54) is 110 Å². The Kier molecular flexibility index (Phi) is 11.3. The summed E-state index contributed by atoms with van der Waals surface area (Å²) in [5, 5.41) is 7.38. The van der Waals surface area contributed by atoms with Crippen molar-refractivity contribution in [3.8, 4) is 44.5 Å². The standard InChI is InChI=1S/C70H56N2/c1-45-17-13-15-23-59(45)57-31-27-49(5)67(43-57)71(65-41-55(29-25-47(65)3)51-19-9-7-10-20-51)63-39-35-53-34-38-62-64(40-36-54-33-37-61(63)69(53)70(54)62)72(66-42-56(30-26-48(66)4)52-21-11-8-12-22-52)68-44-58(32-28-50(68)6)60-24-16-14-18-46(60)2/h7-44H,1-6H3. The molecule has 0 spiro atoms. The fraction of sp³-hybridized carbons (Fsp3) is 0.0857. The summed E-state index contributed by atoms with van der Waals surface area (Å²) in [4.78, 5) is 5.08. The quantitative estimate of drug-likeness (QED) is 0.126. The van der Waals surface area contributed by atoms with Gasteiger partial charge >= 0.3 is 0 Å². The highest BCUT2D eigenvalue weighted by Gasteiger charge is 2.26. The van der Waals surface area contributed by atoms with Crippen LogP contribution in [0.3, 0.4) is 0 Å². The van der Waals surface area contributed by atoms with E-state index in [1.54, 1.807) is 0 Å². The zero-order valence-electron chi connectivity index (χ0n) is 41.8. The lowest BCUT2D eigenvalue weighted by Crippen LogP contribution is -2.14. The van der Waals surface area contributed by atoms with Crippen molar-refractivity contribution in [2.45, 2.75) is 41.5 Å². The molecule has 0 fully saturated rings. The molecule has 0 aliphatic rings. The molecular formula is C70H56N2. The van der Waals surface area contributed by atoms with Crippen molar-refractivity contribution in [3.05, 3.63) is 264 Å². The van der Waals surface area contributed by atoms with Crippen LogP contribution < -0.4 is 9.80 Å². The Morgan fingerprint density at radius 3 is 0.917 bits per heavy atom. The SMILES string of the molecule is Cc1ccccc1-c1ccc(C)c(N(c2cc(-c3ccccc3)ccc2C)c2ccc3ccc4c(N(c5cc(-c6ccccc6)ccc5C)c5cc(-c6ccccc6C)ccc5C)ccc5ccc2c3c54)c1. The average molecular weight is 925 g/mol. The summed E-state index contributed by atoms with van der Waals surface area (Å²) < 4.78 is 0. The lowest BCUT2D eigenvalue weighted by Gasteiger charge is -2.32. The summed E-state index contributed by atoms with van der Waals surface area (Å²) in [5.41, 5.74) is 23.9. The zero-order valence-corrected chi connectivity index (χ0v) is 41.8. The Labute approximate surface area is 424 Å². The number of rotatable bonds is 10. The molecule has 2 heteroatoms. The van der Waals surface area contributed by atoms with Gasteiger partial charge in [0.15, 0.2) is 0 Å². The number of aryl methyl sites for hydroxylation is 6. The number of anilines is 6. The molecule has 12 aromatic carbocycles. The fourth-order valence-corrected chi connectivity index (χ4v) is 11.1. The van der Waals surface area contributed by atoms with Gasteiger partial charge in [0.25, 0.3) is 0 Å². The first-order valence-electron chi connectivity index (χ1n) is 25.2. The van der Waals surface area contributed by atoms with Crippen molar-refractivity contribution in [1.29, 1.82) is 0 Å². The van der Waals surface area contributed by atoms with Crippen LogP contribution in [0.15, 0.2) is 231 Å². The first kappa shape index (κ1) is 44.5. The lowest BCUT2D eigenvalue weighted by molar-refractivity contribution is 1.23. The summed E-state index contributed by atoms with van der Waals surface area (Å²) in [5.74, 6) is 0. The van der Waals surface area contributed by atoms with E-state index in [9.17, 15) is 0 Å². The molecule has 346 valence electrons. The van der Waals surface area contributed by atoms with E-state index in [0.29, 0.717) is 0 Å². The molecule has 0 aliphatic heterocycles. The molecule has 0 N–H and O–H groups in total.